The molecule has 0 spiro atoms. The summed E-state index contributed by atoms with van der Waals surface area (Å²) in [5.74, 6) is 0. The Balaban J connectivity index is 3.09. The van der Waals surface area contributed by atoms with Gasteiger partial charge < -0.3 is 4.42 Å². The van der Waals surface area contributed by atoms with E-state index in [1.54, 1.807) is 7.05 Å². The molecule has 2 heterocycles. The summed E-state index contributed by atoms with van der Waals surface area (Å²) in [5, 5.41) is 0. The molecule has 0 aromatic carbocycles. The van der Waals surface area contributed by atoms with Crippen LogP contribution < -0.4 is 5.69 Å². The van der Waals surface area contributed by atoms with Crippen LogP contribution in [0.15, 0.2) is 15.6 Å². The molecular formula is C5H5N3O2. The first-order valence-electron chi connectivity index (χ1n) is 2.77. The first-order chi connectivity index (χ1) is 4.79. The largest absolute Gasteiger partial charge is 0.425 e. The smallest absolute Gasteiger partial charge is 0.329 e. The van der Waals surface area contributed by atoms with Crippen molar-refractivity contribution < 1.29 is 4.42 Å². The Labute approximate surface area is 55.3 Å². The van der Waals surface area contributed by atoms with Gasteiger partial charge >= 0.3 is 5.69 Å². The number of aryl methyl sites for hydroxylation is 1. The molecule has 0 amide bonds. The van der Waals surface area contributed by atoms with Crippen LogP contribution in [-0.4, -0.2) is 14.5 Å². The van der Waals surface area contributed by atoms with Gasteiger partial charge in [-0.1, -0.05) is 0 Å². The lowest BCUT2D eigenvalue weighted by atomic mass is 10.8. The van der Waals surface area contributed by atoms with Crippen LogP contribution in [0.4, 0.5) is 0 Å². The molecule has 10 heavy (non-hydrogen) atoms. The third kappa shape index (κ3) is 0.464. The quantitative estimate of drug-likeness (QED) is 0.552. The Kier molecular flexibility index (Phi) is 0.791. The van der Waals surface area contributed by atoms with Crippen LogP contribution in [0.1, 0.15) is 0 Å². The minimum Gasteiger partial charge on any atom is -0.425 e. The highest BCUT2D eigenvalue weighted by Crippen LogP contribution is 2.03. The van der Waals surface area contributed by atoms with Crippen molar-refractivity contribution in [2.75, 3.05) is 0 Å². The fraction of sp³-hybridized carbons (Fsp3) is 0.200. The molecule has 0 aliphatic heterocycles. The summed E-state index contributed by atoms with van der Waals surface area (Å²) < 4.78 is 6.25. The Morgan fingerprint density at radius 3 is 3.30 bits per heavy atom. The highest BCUT2D eigenvalue weighted by molar-refractivity contribution is 5.62. The van der Waals surface area contributed by atoms with Gasteiger partial charge in [0.1, 0.15) is 0 Å². The number of aromatic amines is 1. The Bertz CT molecular complexity index is 408. The molecule has 52 valence electrons. The van der Waals surface area contributed by atoms with E-state index in [-0.39, 0.29) is 5.69 Å². The number of oxazole rings is 1. The second-order valence-corrected chi connectivity index (χ2v) is 2.00. The van der Waals surface area contributed by atoms with Crippen LogP contribution >= 0.6 is 0 Å². The lowest BCUT2D eigenvalue weighted by molar-refractivity contribution is 0.569. The molecule has 5 heteroatoms. The molecule has 2 aromatic rings. The summed E-state index contributed by atoms with van der Waals surface area (Å²) >= 11 is 0. The molecule has 0 saturated heterocycles. The van der Waals surface area contributed by atoms with Gasteiger partial charge in [0, 0.05) is 7.05 Å². The minimum absolute atomic E-state index is 0.207. The monoisotopic (exact) mass is 139 g/mol. The van der Waals surface area contributed by atoms with Crippen molar-refractivity contribution in [2.45, 2.75) is 0 Å². The fourth-order valence-corrected chi connectivity index (χ4v) is 0.841. The number of nitrogens with zero attached hydrogens (tertiary/aromatic N) is 2. The van der Waals surface area contributed by atoms with Gasteiger partial charge in [0.25, 0.3) is 0 Å². The van der Waals surface area contributed by atoms with Crippen molar-refractivity contribution in [2.24, 2.45) is 7.05 Å². The summed E-state index contributed by atoms with van der Waals surface area (Å²) in [4.78, 5) is 17.1. The van der Waals surface area contributed by atoms with Crippen molar-refractivity contribution in [3.8, 4) is 0 Å². The van der Waals surface area contributed by atoms with Gasteiger partial charge in [-0.15, -0.1) is 0 Å². The summed E-state index contributed by atoms with van der Waals surface area (Å²) in [7, 11) is 1.62. The molecule has 0 aliphatic carbocycles. The van der Waals surface area contributed by atoms with E-state index in [9.17, 15) is 4.79 Å². The summed E-state index contributed by atoms with van der Waals surface area (Å²) in [6.07, 6.45) is 1.29. The van der Waals surface area contributed by atoms with E-state index in [0.29, 0.717) is 11.4 Å². The molecule has 0 saturated carbocycles. The van der Waals surface area contributed by atoms with Crippen LogP contribution in [0.25, 0.3) is 11.4 Å². The number of imidazole rings is 1. The minimum atomic E-state index is -0.207. The zero-order chi connectivity index (χ0) is 7.14. The number of hydrogen-bond donors (Lipinski definition) is 1. The van der Waals surface area contributed by atoms with Crippen molar-refractivity contribution in [1.29, 1.82) is 0 Å². The van der Waals surface area contributed by atoms with E-state index < -0.39 is 0 Å². The molecule has 0 atom stereocenters. The standard InChI is InChI=1S/C5H5N3O2/c1-8-4-3(6-2-10-4)7-5(8)9/h2H,1H3,(H,7,9). The topological polar surface area (TPSA) is 63.8 Å². The first kappa shape index (κ1) is 5.28. The van der Waals surface area contributed by atoms with Crippen LogP contribution in [0.2, 0.25) is 0 Å². The van der Waals surface area contributed by atoms with Gasteiger partial charge in [0.2, 0.25) is 5.71 Å². The van der Waals surface area contributed by atoms with Crippen LogP contribution in [-0.2, 0) is 7.05 Å². The third-order valence-electron chi connectivity index (χ3n) is 1.38. The van der Waals surface area contributed by atoms with Gasteiger partial charge in [-0.3, -0.25) is 9.55 Å². The lowest BCUT2D eigenvalue weighted by Crippen LogP contribution is -2.11. The van der Waals surface area contributed by atoms with Crippen molar-refractivity contribution >= 4 is 11.4 Å². The van der Waals surface area contributed by atoms with Crippen LogP contribution in [0, 0.1) is 0 Å². The Morgan fingerprint density at radius 2 is 2.60 bits per heavy atom. The number of aromatic nitrogens is 3. The first-order valence-corrected chi connectivity index (χ1v) is 2.77. The second kappa shape index (κ2) is 1.50. The van der Waals surface area contributed by atoms with Gasteiger partial charge in [-0.2, -0.15) is 4.98 Å². The van der Waals surface area contributed by atoms with Crippen molar-refractivity contribution in [3.05, 3.63) is 16.9 Å². The van der Waals surface area contributed by atoms with E-state index in [0.717, 1.165) is 0 Å². The van der Waals surface area contributed by atoms with Gasteiger partial charge in [-0.25, -0.2) is 4.79 Å². The molecule has 0 aliphatic rings. The predicted molar refractivity (Wildman–Crippen MR) is 33.6 cm³/mol. The summed E-state index contributed by atoms with van der Waals surface area (Å²) in [5.41, 5.74) is 0.763. The zero-order valence-electron chi connectivity index (χ0n) is 5.29. The second-order valence-electron chi connectivity index (χ2n) is 2.00. The molecule has 0 radical (unpaired) electrons. The lowest BCUT2D eigenvalue weighted by Gasteiger charge is -1.81. The van der Waals surface area contributed by atoms with Gasteiger partial charge in [0.15, 0.2) is 12.0 Å². The maximum atomic E-state index is 10.8. The molecule has 2 rings (SSSR count). The SMILES string of the molecule is Cn1c(=O)[nH]c2ncoc21. The zero-order valence-corrected chi connectivity index (χ0v) is 5.29. The van der Waals surface area contributed by atoms with E-state index in [1.165, 1.54) is 11.0 Å². The number of H-pyrrole nitrogens is 1. The highest BCUT2D eigenvalue weighted by atomic mass is 16.3. The van der Waals surface area contributed by atoms with E-state index in [4.69, 9.17) is 4.42 Å². The predicted octanol–water partition coefficient (Wildman–Crippen LogP) is -0.145. The van der Waals surface area contributed by atoms with Crippen LogP contribution in [0.3, 0.4) is 0 Å². The fourth-order valence-electron chi connectivity index (χ4n) is 0.841. The molecule has 2 aromatic heterocycles. The average Bonchev–Trinajstić information content (AvgIpc) is 2.41. The Morgan fingerprint density at radius 1 is 1.80 bits per heavy atom. The number of nitrogens with one attached hydrogen (secondary N) is 1. The van der Waals surface area contributed by atoms with Gasteiger partial charge in [0.05, 0.1) is 0 Å². The maximum absolute atomic E-state index is 10.8. The molecule has 0 unspecified atom stereocenters. The molecule has 5 nitrogen and oxygen atoms in total. The molecule has 1 N–H and O–H groups in total. The average molecular weight is 139 g/mol. The van der Waals surface area contributed by atoms with E-state index in [2.05, 4.69) is 9.97 Å². The van der Waals surface area contributed by atoms with Crippen molar-refractivity contribution in [1.82, 2.24) is 14.5 Å². The van der Waals surface area contributed by atoms with E-state index in [1.807, 2.05) is 0 Å². The normalized spacial score (nSPS) is 10.9. The number of hydrogen-bond acceptors (Lipinski definition) is 3. The van der Waals surface area contributed by atoms with Crippen LogP contribution in [0.5, 0.6) is 0 Å². The number of fused-ring (bicyclic) bond motifs is 1. The highest BCUT2D eigenvalue weighted by Gasteiger charge is 2.04. The third-order valence-corrected chi connectivity index (χ3v) is 1.38. The molecule has 0 bridgehead atoms. The molecule has 0 fully saturated rings. The Hall–Kier alpha value is -1.52. The molecular weight excluding hydrogens is 134 g/mol. The summed E-state index contributed by atoms with van der Waals surface area (Å²) in [6, 6.07) is 0. The maximum Gasteiger partial charge on any atom is 0.329 e. The summed E-state index contributed by atoms with van der Waals surface area (Å²) in [6.45, 7) is 0. The number of rotatable bonds is 0. The van der Waals surface area contributed by atoms with Crippen molar-refractivity contribution in [3.63, 3.8) is 0 Å². The van der Waals surface area contributed by atoms with Gasteiger partial charge in [-0.05, 0) is 0 Å². The van der Waals surface area contributed by atoms with E-state index >= 15 is 0 Å².